The topological polar surface area (TPSA) is 71.5 Å². The first kappa shape index (κ1) is 15.7. The molecule has 8 heteroatoms. The molecule has 0 bridgehead atoms. The minimum atomic E-state index is -3.63. The van der Waals surface area contributed by atoms with Crippen molar-refractivity contribution in [3.63, 3.8) is 0 Å². The van der Waals surface area contributed by atoms with E-state index in [1.165, 1.54) is 18.5 Å². The molecule has 1 saturated heterocycles. The van der Waals surface area contributed by atoms with Crippen molar-refractivity contribution in [3.8, 4) is 0 Å². The molecule has 2 heterocycles. The summed E-state index contributed by atoms with van der Waals surface area (Å²) >= 11 is 5.89. The number of hydrogen-bond donors (Lipinski definition) is 1. The Hall–Kier alpha value is -0.730. The first-order valence-corrected chi connectivity index (χ1v) is 8.28. The number of halogens is 1. The van der Waals surface area contributed by atoms with E-state index >= 15 is 0 Å². The van der Waals surface area contributed by atoms with Crippen molar-refractivity contribution in [2.45, 2.75) is 17.9 Å². The van der Waals surface area contributed by atoms with Gasteiger partial charge >= 0.3 is 0 Å². The van der Waals surface area contributed by atoms with Crippen LogP contribution in [-0.4, -0.2) is 57.2 Å². The predicted molar refractivity (Wildman–Crippen MR) is 76.3 cm³/mol. The SMILES string of the molecule is CC(CNS(=O)(=O)c1cnccc1Cl)N1CCOCC1. The third-order valence-electron chi connectivity index (χ3n) is 3.26. The zero-order chi connectivity index (χ0) is 14.6. The van der Waals surface area contributed by atoms with E-state index < -0.39 is 10.0 Å². The summed E-state index contributed by atoms with van der Waals surface area (Å²) in [5, 5.41) is 0.173. The molecule has 1 aliphatic rings. The molecule has 0 radical (unpaired) electrons. The Morgan fingerprint density at radius 3 is 2.85 bits per heavy atom. The standard InChI is InChI=1S/C12H18ClN3O3S/c1-10(16-4-6-19-7-5-16)8-15-20(17,18)12-9-14-3-2-11(12)13/h2-3,9-10,15H,4-8H2,1H3. The minimum Gasteiger partial charge on any atom is -0.379 e. The Kier molecular flexibility index (Phi) is 5.34. The van der Waals surface area contributed by atoms with Crippen LogP contribution in [0.4, 0.5) is 0 Å². The summed E-state index contributed by atoms with van der Waals surface area (Å²) in [6.45, 7) is 5.32. The van der Waals surface area contributed by atoms with Crippen LogP contribution in [0, 0.1) is 0 Å². The van der Waals surface area contributed by atoms with Crippen molar-refractivity contribution in [1.82, 2.24) is 14.6 Å². The maximum absolute atomic E-state index is 12.2. The van der Waals surface area contributed by atoms with Crippen LogP contribution in [0.15, 0.2) is 23.4 Å². The van der Waals surface area contributed by atoms with Crippen LogP contribution >= 0.6 is 11.6 Å². The van der Waals surface area contributed by atoms with Gasteiger partial charge in [0.25, 0.3) is 0 Å². The average molecular weight is 320 g/mol. The van der Waals surface area contributed by atoms with E-state index in [0.717, 1.165) is 13.1 Å². The van der Waals surface area contributed by atoms with Gasteiger partial charge in [-0.2, -0.15) is 0 Å². The summed E-state index contributed by atoms with van der Waals surface area (Å²) in [6.07, 6.45) is 2.71. The van der Waals surface area contributed by atoms with Gasteiger partial charge in [-0.25, -0.2) is 13.1 Å². The largest absolute Gasteiger partial charge is 0.379 e. The quantitative estimate of drug-likeness (QED) is 0.866. The Morgan fingerprint density at radius 1 is 1.50 bits per heavy atom. The summed E-state index contributed by atoms with van der Waals surface area (Å²) in [4.78, 5) is 6.00. The second-order valence-corrected chi connectivity index (χ2v) is 6.80. The second kappa shape index (κ2) is 6.82. The number of sulfonamides is 1. The summed E-state index contributed by atoms with van der Waals surface area (Å²) in [7, 11) is -3.63. The van der Waals surface area contributed by atoms with Gasteiger partial charge in [-0.3, -0.25) is 9.88 Å². The molecule has 1 atom stereocenters. The molecule has 0 aliphatic carbocycles. The highest BCUT2D eigenvalue weighted by molar-refractivity contribution is 7.89. The van der Waals surface area contributed by atoms with E-state index in [9.17, 15) is 8.42 Å². The molecular formula is C12H18ClN3O3S. The van der Waals surface area contributed by atoms with Crippen LogP contribution in [0.25, 0.3) is 0 Å². The first-order chi connectivity index (χ1) is 9.50. The molecule has 6 nitrogen and oxygen atoms in total. The second-order valence-electron chi connectivity index (χ2n) is 4.66. The van der Waals surface area contributed by atoms with Gasteiger partial charge in [0.2, 0.25) is 10.0 Å². The Balaban J connectivity index is 1.97. The number of aromatic nitrogens is 1. The maximum Gasteiger partial charge on any atom is 0.243 e. The van der Waals surface area contributed by atoms with Crippen molar-refractivity contribution in [2.75, 3.05) is 32.8 Å². The fourth-order valence-electron chi connectivity index (χ4n) is 2.02. The molecule has 1 fully saturated rings. The van der Waals surface area contributed by atoms with Crippen molar-refractivity contribution < 1.29 is 13.2 Å². The van der Waals surface area contributed by atoms with Gasteiger partial charge in [0.1, 0.15) is 4.90 Å². The lowest BCUT2D eigenvalue weighted by atomic mass is 10.2. The highest BCUT2D eigenvalue weighted by Crippen LogP contribution is 2.18. The van der Waals surface area contributed by atoms with Crippen LogP contribution in [0.1, 0.15) is 6.92 Å². The fourth-order valence-corrected chi connectivity index (χ4v) is 3.57. The van der Waals surface area contributed by atoms with Gasteiger partial charge in [0.05, 0.1) is 18.2 Å². The number of morpholine rings is 1. The third kappa shape index (κ3) is 3.89. The lowest BCUT2D eigenvalue weighted by molar-refractivity contribution is 0.0213. The highest BCUT2D eigenvalue weighted by atomic mass is 35.5. The molecule has 1 aromatic heterocycles. The van der Waals surface area contributed by atoms with Crippen LogP contribution < -0.4 is 4.72 Å². The Morgan fingerprint density at radius 2 is 2.20 bits per heavy atom. The van der Waals surface area contributed by atoms with Crippen LogP contribution in [0.2, 0.25) is 5.02 Å². The minimum absolute atomic E-state index is 0.0100. The van der Waals surface area contributed by atoms with E-state index in [4.69, 9.17) is 16.3 Å². The highest BCUT2D eigenvalue weighted by Gasteiger charge is 2.22. The Labute approximate surface area is 124 Å². The van der Waals surface area contributed by atoms with E-state index in [1.807, 2.05) is 6.92 Å². The molecule has 0 spiro atoms. The van der Waals surface area contributed by atoms with Crippen molar-refractivity contribution in [1.29, 1.82) is 0 Å². The lowest BCUT2D eigenvalue weighted by Gasteiger charge is -2.32. The van der Waals surface area contributed by atoms with Crippen molar-refractivity contribution >= 4 is 21.6 Å². The molecule has 1 aliphatic heterocycles. The predicted octanol–water partition coefficient (Wildman–Crippen LogP) is 0.734. The van der Waals surface area contributed by atoms with Crippen molar-refractivity contribution in [2.24, 2.45) is 0 Å². The van der Waals surface area contributed by atoms with Crippen LogP contribution in [-0.2, 0) is 14.8 Å². The summed E-state index contributed by atoms with van der Waals surface area (Å²) in [5.41, 5.74) is 0. The number of hydrogen-bond acceptors (Lipinski definition) is 5. The smallest absolute Gasteiger partial charge is 0.243 e. The van der Waals surface area contributed by atoms with Gasteiger partial charge in [-0.15, -0.1) is 0 Å². The van der Waals surface area contributed by atoms with Crippen LogP contribution in [0.3, 0.4) is 0 Å². The Bertz CT molecular complexity index is 547. The fraction of sp³-hybridized carbons (Fsp3) is 0.583. The molecule has 112 valence electrons. The van der Waals surface area contributed by atoms with Crippen molar-refractivity contribution in [3.05, 3.63) is 23.5 Å². The van der Waals surface area contributed by atoms with Gasteiger partial charge in [0.15, 0.2) is 0 Å². The molecule has 0 saturated carbocycles. The number of ether oxygens (including phenoxy) is 1. The number of rotatable bonds is 5. The first-order valence-electron chi connectivity index (χ1n) is 6.41. The van der Waals surface area contributed by atoms with Gasteiger partial charge in [-0.05, 0) is 13.0 Å². The summed E-state index contributed by atoms with van der Waals surface area (Å²) in [6, 6.07) is 1.56. The van der Waals surface area contributed by atoms with E-state index in [2.05, 4.69) is 14.6 Å². The summed E-state index contributed by atoms with van der Waals surface area (Å²) in [5.74, 6) is 0. The number of nitrogens with zero attached hydrogens (tertiary/aromatic N) is 2. The maximum atomic E-state index is 12.2. The number of pyridine rings is 1. The molecule has 0 amide bonds. The van der Waals surface area contributed by atoms with E-state index in [0.29, 0.717) is 19.8 Å². The normalized spacial score (nSPS) is 18.9. The third-order valence-corrected chi connectivity index (χ3v) is 5.15. The van der Waals surface area contributed by atoms with Gasteiger partial charge < -0.3 is 4.74 Å². The van der Waals surface area contributed by atoms with E-state index in [-0.39, 0.29) is 16.0 Å². The summed E-state index contributed by atoms with van der Waals surface area (Å²) < 4.78 is 32.2. The molecule has 2 rings (SSSR count). The zero-order valence-corrected chi connectivity index (χ0v) is 12.8. The monoisotopic (exact) mass is 319 g/mol. The van der Waals surface area contributed by atoms with Gasteiger partial charge in [-0.1, -0.05) is 11.6 Å². The molecule has 1 N–H and O–H groups in total. The van der Waals surface area contributed by atoms with Gasteiger partial charge in [0, 0.05) is 38.1 Å². The van der Waals surface area contributed by atoms with E-state index in [1.54, 1.807) is 0 Å². The molecule has 1 unspecified atom stereocenters. The number of nitrogens with one attached hydrogen (secondary N) is 1. The molecule has 20 heavy (non-hydrogen) atoms. The molecular weight excluding hydrogens is 302 g/mol. The lowest BCUT2D eigenvalue weighted by Crippen LogP contribution is -2.47. The molecule has 0 aromatic carbocycles. The average Bonchev–Trinajstić information content (AvgIpc) is 2.46. The zero-order valence-electron chi connectivity index (χ0n) is 11.3. The molecule has 1 aromatic rings. The van der Waals surface area contributed by atoms with Crippen LogP contribution in [0.5, 0.6) is 0 Å².